The van der Waals surface area contributed by atoms with Crippen LogP contribution in [0.25, 0.3) is 0 Å². The number of aryl methyl sites for hydroxylation is 2. The van der Waals surface area contributed by atoms with Crippen molar-refractivity contribution in [2.45, 2.75) is 69.5 Å². The Balaban J connectivity index is 1.57. The highest BCUT2D eigenvalue weighted by atomic mass is 79.9. The molecule has 9 heteroatoms. The largest absolute Gasteiger partial charge is 0.352 e. The first kappa shape index (κ1) is 33.4. The van der Waals surface area contributed by atoms with Crippen LogP contribution >= 0.6 is 15.9 Å². The molecule has 0 radical (unpaired) electrons. The second kappa shape index (κ2) is 15.1. The summed E-state index contributed by atoms with van der Waals surface area (Å²) in [5.74, 6) is -0.704. The predicted molar refractivity (Wildman–Crippen MR) is 186 cm³/mol. The van der Waals surface area contributed by atoms with E-state index in [9.17, 15) is 18.0 Å². The average Bonchev–Trinajstić information content (AvgIpc) is 3.55. The summed E-state index contributed by atoms with van der Waals surface area (Å²) in [6.45, 7) is 3.36. The molecule has 7 nitrogen and oxygen atoms in total. The summed E-state index contributed by atoms with van der Waals surface area (Å²) >= 11 is 3.53. The molecule has 4 aromatic rings. The third-order valence-corrected chi connectivity index (χ3v) is 10.8. The minimum Gasteiger partial charge on any atom is -0.352 e. The number of hydrogen-bond donors (Lipinski definition) is 1. The first-order valence-corrected chi connectivity index (χ1v) is 17.9. The molecule has 1 N–H and O–H groups in total. The number of carbonyl (C=O) groups excluding carboxylic acids is 2. The zero-order valence-corrected chi connectivity index (χ0v) is 28.6. The van der Waals surface area contributed by atoms with Gasteiger partial charge >= 0.3 is 0 Å². The van der Waals surface area contributed by atoms with E-state index in [-0.39, 0.29) is 29.8 Å². The summed E-state index contributed by atoms with van der Waals surface area (Å²) in [4.78, 5) is 30.4. The monoisotopic (exact) mass is 701 g/mol. The normalized spacial score (nSPS) is 14.1. The van der Waals surface area contributed by atoms with Crippen LogP contribution in [-0.2, 0) is 32.6 Å². The molecular weight excluding hydrogens is 662 g/mol. The topological polar surface area (TPSA) is 86.8 Å². The lowest BCUT2D eigenvalue weighted by molar-refractivity contribution is -0.140. The number of benzene rings is 4. The van der Waals surface area contributed by atoms with Crippen molar-refractivity contribution in [3.8, 4) is 0 Å². The van der Waals surface area contributed by atoms with Gasteiger partial charge in [0.15, 0.2) is 0 Å². The fraction of sp³-hybridized carbons (Fsp3) is 0.297. The molecule has 1 fully saturated rings. The Morgan fingerprint density at radius 3 is 2.17 bits per heavy atom. The van der Waals surface area contributed by atoms with Gasteiger partial charge in [0.2, 0.25) is 11.8 Å². The van der Waals surface area contributed by atoms with Crippen molar-refractivity contribution >= 4 is 43.5 Å². The second-order valence-electron chi connectivity index (χ2n) is 12.0. The van der Waals surface area contributed by atoms with Gasteiger partial charge in [0.1, 0.15) is 12.6 Å². The summed E-state index contributed by atoms with van der Waals surface area (Å²) in [7, 11) is -4.15. The molecule has 5 rings (SSSR count). The van der Waals surface area contributed by atoms with E-state index >= 15 is 0 Å². The van der Waals surface area contributed by atoms with E-state index in [1.807, 2.05) is 80.6 Å². The minimum absolute atomic E-state index is 0.0546. The van der Waals surface area contributed by atoms with Crippen LogP contribution in [0.1, 0.15) is 47.9 Å². The van der Waals surface area contributed by atoms with E-state index in [4.69, 9.17) is 0 Å². The van der Waals surface area contributed by atoms with Crippen molar-refractivity contribution in [3.63, 3.8) is 0 Å². The van der Waals surface area contributed by atoms with Gasteiger partial charge in [-0.1, -0.05) is 107 Å². The van der Waals surface area contributed by atoms with E-state index in [0.717, 1.165) is 46.8 Å². The first-order valence-electron chi connectivity index (χ1n) is 15.6. The van der Waals surface area contributed by atoms with Crippen molar-refractivity contribution in [2.75, 3.05) is 10.8 Å². The van der Waals surface area contributed by atoms with E-state index in [2.05, 4.69) is 21.2 Å². The molecule has 0 heterocycles. The predicted octanol–water partition coefficient (Wildman–Crippen LogP) is 6.96. The van der Waals surface area contributed by atoms with Gasteiger partial charge in [0, 0.05) is 23.5 Å². The van der Waals surface area contributed by atoms with Gasteiger partial charge in [-0.2, -0.15) is 0 Å². The number of nitrogens with one attached hydrogen (secondary N) is 1. The number of hydrogen-bond acceptors (Lipinski definition) is 4. The summed E-state index contributed by atoms with van der Waals surface area (Å²) in [6, 6.07) is 30.2. The van der Waals surface area contributed by atoms with Crippen LogP contribution in [0.3, 0.4) is 0 Å². The van der Waals surface area contributed by atoms with E-state index in [1.165, 1.54) is 4.31 Å². The maximum Gasteiger partial charge on any atom is 0.264 e. The molecule has 0 bridgehead atoms. The molecule has 46 heavy (non-hydrogen) atoms. The lowest BCUT2D eigenvalue weighted by Gasteiger charge is -2.34. The van der Waals surface area contributed by atoms with Crippen molar-refractivity contribution < 1.29 is 18.0 Å². The molecule has 1 unspecified atom stereocenters. The lowest BCUT2D eigenvalue weighted by Crippen LogP contribution is -2.54. The van der Waals surface area contributed by atoms with Gasteiger partial charge in [-0.3, -0.25) is 13.9 Å². The standard InChI is InChI=1S/C37H40BrN3O4S/c1-27-19-21-33(22-20-27)46(44,45)41(34-18-9-6-11-28(34)2)26-36(42)40(25-30-14-10-15-31(38)23-30)35(24-29-12-4-3-5-13-29)37(43)39-32-16-7-8-17-32/h3-6,9-15,18-23,32,35H,7-8,16-17,24-26H2,1-2H3,(H,39,43). The van der Waals surface area contributed by atoms with Crippen LogP contribution in [-0.4, -0.2) is 43.8 Å². The molecule has 1 aliphatic rings. The maximum atomic E-state index is 14.7. The molecule has 0 spiro atoms. The van der Waals surface area contributed by atoms with Gasteiger partial charge in [-0.25, -0.2) is 8.42 Å². The highest BCUT2D eigenvalue weighted by molar-refractivity contribution is 9.10. The van der Waals surface area contributed by atoms with Crippen LogP contribution in [0.15, 0.2) is 112 Å². The number of nitrogens with zero attached hydrogens (tertiary/aromatic N) is 2. The lowest BCUT2D eigenvalue weighted by atomic mass is 10.0. The number of anilines is 1. The summed E-state index contributed by atoms with van der Waals surface area (Å²) in [6.07, 6.45) is 4.20. The van der Waals surface area contributed by atoms with Gasteiger partial charge in [0.05, 0.1) is 10.6 Å². The Hall–Kier alpha value is -3.95. The second-order valence-corrected chi connectivity index (χ2v) is 14.7. The molecular formula is C37H40BrN3O4S. The van der Waals surface area contributed by atoms with Crippen LogP contribution in [0.4, 0.5) is 5.69 Å². The number of sulfonamides is 1. The molecule has 0 saturated heterocycles. The van der Waals surface area contributed by atoms with Gasteiger partial charge in [0.25, 0.3) is 10.0 Å². The fourth-order valence-electron chi connectivity index (χ4n) is 5.95. The SMILES string of the molecule is Cc1ccc(S(=O)(=O)N(CC(=O)N(Cc2cccc(Br)c2)C(Cc2ccccc2)C(=O)NC2CCCC2)c2ccccc2C)cc1. The Morgan fingerprint density at radius 2 is 1.50 bits per heavy atom. The quantitative estimate of drug-likeness (QED) is 0.173. The fourth-order valence-corrected chi connectivity index (χ4v) is 7.87. The zero-order valence-electron chi connectivity index (χ0n) is 26.2. The van der Waals surface area contributed by atoms with Gasteiger partial charge < -0.3 is 10.2 Å². The molecule has 1 atom stereocenters. The van der Waals surface area contributed by atoms with Crippen LogP contribution < -0.4 is 9.62 Å². The Morgan fingerprint density at radius 1 is 0.848 bits per heavy atom. The third-order valence-electron chi connectivity index (χ3n) is 8.49. The summed E-state index contributed by atoms with van der Waals surface area (Å²) in [5.41, 5.74) is 3.77. The average molecular weight is 703 g/mol. The number of rotatable bonds is 12. The minimum atomic E-state index is -4.15. The summed E-state index contributed by atoms with van der Waals surface area (Å²) < 4.78 is 30.5. The van der Waals surface area contributed by atoms with E-state index < -0.39 is 28.5 Å². The zero-order chi connectivity index (χ0) is 32.7. The molecule has 240 valence electrons. The Labute approximate surface area is 280 Å². The maximum absolute atomic E-state index is 14.7. The number of halogens is 1. The van der Waals surface area contributed by atoms with Crippen molar-refractivity contribution in [3.05, 3.63) is 130 Å². The van der Waals surface area contributed by atoms with Crippen molar-refractivity contribution in [2.24, 2.45) is 0 Å². The molecule has 2 amide bonds. The number of carbonyl (C=O) groups is 2. The highest BCUT2D eigenvalue weighted by Crippen LogP contribution is 2.28. The van der Waals surface area contributed by atoms with Crippen molar-refractivity contribution in [1.82, 2.24) is 10.2 Å². The first-order chi connectivity index (χ1) is 22.1. The van der Waals surface area contributed by atoms with Crippen LogP contribution in [0.5, 0.6) is 0 Å². The van der Waals surface area contributed by atoms with Gasteiger partial charge in [-0.05, 0) is 73.7 Å². The molecule has 0 aliphatic heterocycles. The van der Waals surface area contributed by atoms with Crippen LogP contribution in [0.2, 0.25) is 0 Å². The van der Waals surface area contributed by atoms with Crippen LogP contribution in [0, 0.1) is 13.8 Å². The van der Waals surface area contributed by atoms with Crippen molar-refractivity contribution in [1.29, 1.82) is 0 Å². The Kier molecular flexibility index (Phi) is 11.0. The number of para-hydroxylation sites is 1. The molecule has 0 aromatic heterocycles. The molecule has 1 saturated carbocycles. The third kappa shape index (κ3) is 8.25. The van der Waals surface area contributed by atoms with E-state index in [1.54, 1.807) is 41.3 Å². The van der Waals surface area contributed by atoms with Gasteiger partial charge in [-0.15, -0.1) is 0 Å². The highest BCUT2D eigenvalue weighted by Gasteiger charge is 2.36. The molecule has 1 aliphatic carbocycles. The summed E-state index contributed by atoms with van der Waals surface area (Å²) in [5, 5.41) is 3.21. The smallest absolute Gasteiger partial charge is 0.264 e. The molecule has 4 aromatic carbocycles. The number of amides is 2. The van der Waals surface area contributed by atoms with E-state index in [0.29, 0.717) is 11.3 Å². The Bertz CT molecular complexity index is 1760.